The lowest BCUT2D eigenvalue weighted by Gasteiger charge is -2.44. The molecule has 1 saturated heterocycles. The van der Waals surface area contributed by atoms with Gasteiger partial charge in [-0.2, -0.15) is 5.10 Å². The third-order valence-corrected chi connectivity index (χ3v) is 6.20. The molecule has 0 spiro atoms. The minimum absolute atomic E-state index is 0.0459. The summed E-state index contributed by atoms with van der Waals surface area (Å²) in [5.74, 6) is 0.442. The van der Waals surface area contributed by atoms with E-state index in [1.807, 2.05) is 16.8 Å². The first-order chi connectivity index (χ1) is 11.7. The van der Waals surface area contributed by atoms with Gasteiger partial charge in [0.15, 0.2) is 0 Å². The molecule has 25 heavy (non-hydrogen) atoms. The van der Waals surface area contributed by atoms with Crippen LogP contribution < -0.4 is 0 Å². The van der Waals surface area contributed by atoms with E-state index >= 15 is 0 Å². The van der Waals surface area contributed by atoms with Crippen LogP contribution in [0.5, 0.6) is 0 Å². The van der Waals surface area contributed by atoms with Gasteiger partial charge in [-0.3, -0.25) is 4.68 Å². The fourth-order valence-corrected chi connectivity index (χ4v) is 4.21. The number of hydrogen-bond acceptors (Lipinski definition) is 2. The first-order valence-electron chi connectivity index (χ1n) is 8.78. The third-order valence-electron chi connectivity index (χ3n) is 5.34. The number of piperidine rings is 1. The van der Waals surface area contributed by atoms with E-state index in [-0.39, 0.29) is 11.5 Å². The van der Waals surface area contributed by atoms with E-state index in [1.54, 1.807) is 4.90 Å². The largest absolute Gasteiger partial charge is 0.465 e. The molecule has 2 unspecified atom stereocenters. The van der Waals surface area contributed by atoms with Crippen LogP contribution in [0.15, 0.2) is 22.8 Å². The van der Waals surface area contributed by atoms with Crippen molar-refractivity contribution in [2.24, 2.45) is 11.3 Å². The second kappa shape index (κ2) is 6.63. The van der Waals surface area contributed by atoms with Crippen molar-refractivity contribution in [1.82, 2.24) is 14.7 Å². The summed E-state index contributed by atoms with van der Waals surface area (Å²) in [4.78, 5) is 13.2. The molecule has 6 heteroatoms. The average Bonchev–Trinajstić information content (AvgIpc) is 2.93. The van der Waals surface area contributed by atoms with Crippen LogP contribution in [0.2, 0.25) is 0 Å². The number of benzene rings is 1. The van der Waals surface area contributed by atoms with Gasteiger partial charge in [-0.25, -0.2) is 4.79 Å². The van der Waals surface area contributed by atoms with Gasteiger partial charge in [-0.05, 0) is 48.8 Å². The van der Waals surface area contributed by atoms with Gasteiger partial charge in [-0.15, -0.1) is 0 Å². The van der Waals surface area contributed by atoms with Gasteiger partial charge in [0, 0.05) is 35.2 Å². The van der Waals surface area contributed by atoms with Crippen molar-refractivity contribution in [3.63, 3.8) is 0 Å². The highest BCUT2D eigenvalue weighted by atomic mass is 79.9. The quantitative estimate of drug-likeness (QED) is 0.768. The van der Waals surface area contributed by atoms with Crippen molar-refractivity contribution < 1.29 is 9.90 Å². The van der Waals surface area contributed by atoms with Crippen molar-refractivity contribution in [2.75, 3.05) is 6.54 Å². The second-order valence-corrected chi connectivity index (χ2v) is 9.06. The molecule has 0 radical (unpaired) electrons. The van der Waals surface area contributed by atoms with Gasteiger partial charge in [0.2, 0.25) is 0 Å². The van der Waals surface area contributed by atoms with E-state index in [0.717, 1.165) is 29.4 Å². The van der Waals surface area contributed by atoms with E-state index in [9.17, 15) is 9.90 Å². The first kappa shape index (κ1) is 18.2. The molecule has 1 N–H and O–H groups in total. The van der Waals surface area contributed by atoms with Crippen molar-refractivity contribution in [3.8, 4) is 0 Å². The number of likely N-dealkylation sites (tertiary alicyclic amines) is 1. The predicted molar refractivity (Wildman–Crippen MR) is 103 cm³/mol. The summed E-state index contributed by atoms with van der Waals surface area (Å²) >= 11 is 3.58. The molecule has 1 aromatic carbocycles. The predicted octanol–water partition coefficient (Wildman–Crippen LogP) is 4.91. The van der Waals surface area contributed by atoms with Crippen LogP contribution in [0.1, 0.15) is 39.2 Å². The van der Waals surface area contributed by atoms with Crippen LogP contribution >= 0.6 is 15.9 Å². The smallest absolute Gasteiger partial charge is 0.407 e. The summed E-state index contributed by atoms with van der Waals surface area (Å²) in [5, 5.41) is 15.4. The van der Waals surface area contributed by atoms with Gasteiger partial charge in [-0.1, -0.05) is 36.7 Å². The van der Waals surface area contributed by atoms with Crippen LogP contribution in [0, 0.1) is 18.3 Å². The van der Waals surface area contributed by atoms with E-state index in [2.05, 4.69) is 49.8 Å². The van der Waals surface area contributed by atoms with Crippen molar-refractivity contribution in [2.45, 2.75) is 53.1 Å². The van der Waals surface area contributed by atoms with Crippen molar-refractivity contribution in [3.05, 3.63) is 28.4 Å². The van der Waals surface area contributed by atoms with Crippen molar-refractivity contribution in [1.29, 1.82) is 0 Å². The zero-order valence-electron chi connectivity index (χ0n) is 15.3. The number of aromatic nitrogens is 2. The SMILES string of the molecule is Cc1c(Br)ccc2nn(CC3CCN(C(=O)O)C(C(C)(C)C)C3)cc12. The molecule has 0 bridgehead atoms. The molecule has 1 aromatic heterocycles. The first-order valence-corrected chi connectivity index (χ1v) is 9.58. The standard InChI is InChI=1S/C19H26BrN3O2/c1-12-14-11-22(21-16(14)6-5-15(12)20)10-13-7-8-23(18(24)25)17(9-13)19(2,3)4/h5-6,11,13,17H,7-10H2,1-4H3,(H,24,25). The van der Waals surface area contributed by atoms with E-state index in [4.69, 9.17) is 5.10 Å². The monoisotopic (exact) mass is 407 g/mol. The molecule has 1 amide bonds. The second-order valence-electron chi connectivity index (χ2n) is 8.20. The van der Waals surface area contributed by atoms with Crippen LogP contribution in [0.25, 0.3) is 10.9 Å². The lowest BCUT2D eigenvalue weighted by Crippen LogP contribution is -2.52. The molecule has 1 fully saturated rings. The third kappa shape index (κ3) is 3.68. The fraction of sp³-hybridized carbons (Fsp3) is 0.579. The minimum Gasteiger partial charge on any atom is -0.465 e. The molecule has 0 saturated carbocycles. The number of fused-ring (bicyclic) bond motifs is 1. The Balaban J connectivity index is 1.79. The Morgan fingerprint density at radius 1 is 1.40 bits per heavy atom. The Morgan fingerprint density at radius 3 is 2.76 bits per heavy atom. The number of halogens is 1. The Labute approximate surface area is 157 Å². The van der Waals surface area contributed by atoms with Gasteiger partial charge in [0.1, 0.15) is 0 Å². The number of carboxylic acid groups (broad SMARTS) is 1. The average molecular weight is 408 g/mol. The van der Waals surface area contributed by atoms with Crippen LogP contribution in [0.3, 0.4) is 0 Å². The normalized spacial score (nSPS) is 21.7. The molecule has 2 heterocycles. The lowest BCUT2D eigenvalue weighted by molar-refractivity contribution is 0.0367. The molecular weight excluding hydrogens is 382 g/mol. The molecule has 136 valence electrons. The number of rotatable bonds is 2. The number of carbonyl (C=O) groups is 1. The summed E-state index contributed by atoms with van der Waals surface area (Å²) < 4.78 is 3.13. The maximum Gasteiger partial charge on any atom is 0.407 e. The molecule has 1 aliphatic rings. The topological polar surface area (TPSA) is 58.4 Å². The molecule has 2 atom stereocenters. The Kier molecular flexibility index (Phi) is 4.84. The fourth-order valence-electron chi connectivity index (χ4n) is 3.87. The van der Waals surface area contributed by atoms with Crippen LogP contribution in [-0.4, -0.2) is 38.5 Å². The minimum atomic E-state index is -0.802. The molecule has 0 aliphatic carbocycles. The maximum absolute atomic E-state index is 11.6. The lowest BCUT2D eigenvalue weighted by atomic mass is 9.77. The highest BCUT2D eigenvalue weighted by Crippen LogP contribution is 2.35. The van der Waals surface area contributed by atoms with Gasteiger partial charge in [0.05, 0.1) is 5.52 Å². The highest BCUT2D eigenvalue weighted by Gasteiger charge is 2.38. The molecule has 2 aromatic rings. The molecular formula is C19H26BrN3O2. The maximum atomic E-state index is 11.6. The summed E-state index contributed by atoms with van der Waals surface area (Å²) in [6, 6.07) is 4.12. The highest BCUT2D eigenvalue weighted by molar-refractivity contribution is 9.10. The molecule has 1 aliphatic heterocycles. The van der Waals surface area contributed by atoms with E-state index in [1.165, 1.54) is 10.9 Å². The van der Waals surface area contributed by atoms with Crippen LogP contribution in [-0.2, 0) is 6.54 Å². The number of hydrogen-bond donors (Lipinski definition) is 1. The van der Waals surface area contributed by atoms with Gasteiger partial charge < -0.3 is 10.0 Å². The number of aryl methyl sites for hydroxylation is 1. The number of nitrogens with zero attached hydrogens (tertiary/aromatic N) is 3. The Morgan fingerprint density at radius 2 is 2.12 bits per heavy atom. The zero-order chi connectivity index (χ0) is 18.4. The number of amides is 1. The van der Waals surface area contributed by atoms with Gasteiger partial charge in [0.25, 0.3) is 0 Å². The summed E-state index contributed by atoms with van der Waals surface area (Å²) in [6.45, 7) is 9.91. The summed E-state index contributed by atoms with van der Waals surface area (Å²) in [5.41, 5.74) is 2.15. The molecule has 3 rings (SSSR count). The Bertz CT molecular complexity index is 794. The zero-order valence-corrected chi connectivity index (χ0v) is 16.9. The van der Waals surface area contributed by atoms with Crippen LogP contribution in [0.4, 0.5) is 4.79 Å². The Hall–Kier alpha value is -1.56. The summed E-state index contributed by atoms with van der Waals surface area (Å²) in [7, 11) is 0. The molecule has 5 nitrogen and oxygen atoms in total. The van der Waals surface area contributed by atoms with Crippen molar-refractivity contribution >= 4 is 32.9 Å². The van der Waals surface area contributed by atoms with E-state index < -0.39 is 6.09 Å². The van der Waals surface area contributed by atoms with Gasteiger partial charge >= 0.3 is 6.09 Å². The summed E-state index contributed by atoms with van der Waals surface area (Å²) in [6.07, 6.45) is 3.08. The van der Waals surface area contributed by atoms with E-state index in [0.29, 0.717) is 12.5 Å².